The van der Waals surface area contributed by atoms with Crippen LogP contribution in [0.4, 0.5) is 0 Å². The van der Waals surface area contributed by atoms with Crippen LogP contribution in [0.3, 0.4) is 0 Å². The molecule has 0 bridgehead atoms. The van der Waals surface area contributed by atoms with E-state index in [9.17, 15) is 21.6 Å². The SMILES string of the molecule is C=CS(=O)(=O)N[C@@H]1CCN(S(=O)(=O)c2c(C(N)=O)[nH]c3ccc(Br)cc23)C1. The van der Waals surface area contributed by atoms with Crippen molar-refractivity contribution in [3.63, 3.8) is 0 Å². The van der Waals surface area contributed by atoms with Crippen LogP contribution in [0.15, 0.2) is 39.6 Å². The van der Waals surface area contributed by atoms with Crippen molar-refractivity contribution >= 4 is 52.8 Å². The number of aromatic nitrogens is 1. The first-order valence-corrected chi connectivity index (χ1v) is 11.6. The quantitative estimate of drug-likeness (QED) is 0.566. The van der Waals surface area contributed by atoms with E-state index < -0.39 is 32.0 Å². The molecule has 0 aliphatic carbocycles. The second kappa shape index (κ2) is 7.02. The molecule has 1 fully saturated rings. The summed E-state index contributed by atoms with van der Waals surface area (Å²) in [6, 6.07) is 4.34. The van der Waals surface area contributed by atoms with Crippen LogP contribution in [0, 0.1) is 0 Å². The fraction of sp³-hybridized carbons (Fsp3) is 0.267. The van der Waals surface area contributed by atoms with E-state index in [0.29, 0.717) is 21.8 Å². The number of sulfonamides is 2. The lowest BCUT2D eigenvalue weighted by atomic mass is 10.2. The molecule has 2 heterocycles. The van der Waals surface area contributed by atoms with Gasteiger partial charge in [-0.3, -0.25) is 4.79 Å². The smallest absolute Gasteiger partial charge is 0.266 e. The molecule has 0 radical (unpaired) electrons. The van der Waals surface area contributed by atoms with Gasteiger partial charge in [0.2, 0.25) is 20.0 Å². The number of hydrogen-bond donors (Lipinski definition) is 3. The van der Waals surface area contributed by atoms with E-state index in [0.717, 1.165) is 9.71 Å². The molecule has 1 aromatic heterocycles. The Morgan fingerprint density at radius 1 is 1.37 bits per heavy atom. The number of nitrogens with two attached hydrogens (primary N) is 1. The van der Waals surface area contributed by atoms with Crippen molar-refractivity contribution in [3.8, 4) is 0 Å². The van der Waals surface area contributed by atoms with Crippen molar-refractivity contribution in [2.45, 2.75) is 17.4 Å². The highest BCUT2D eigenvalue weighted by Gasteiger charge is 2.37. The summed E-state index contributed by atoms with van der Waals surface area (Å²) in [7, 11) is -7.77. The van der Waals surface area contributed by atoms with E-state index in [1.807, 2.05) is 0 Å². The number of fused-ring (bicyclic) bond motifs is 1. The molecule has 1 saturated heterocycles. The maximum atomic E-state index is 13.2. The number of H-pyrrole nitrogens is 1. The summed E-state index contributed by atoms with van der Waals surface area (Å²) in [4.78, 5) is 14.4. The van der Waals surface area contributed by atoms with Gasteiger partial charge in [-0.1, -0.05) is 22.5 Å². The van der Waals surface area contributed by atoms with Gasteiger partial charge in [0, 0.05) is 39.9 Å². The van der Waals surface area contributed by atoms with Gasteiger partial charge >= 0.3 is 0 Å². The standard InChI is InChI=1S/C15H17BrN4O5S2/c1-2-26(22,23)19-10-5-6-20(8-10)27(24,25)14-11-7-9(16)3-4-12(11)18-13(14)15(17)21/h2-4,7,10,18-19H,1,5-6,8H2,(H2,17,21)/t10-/m1/s1. The number of carbonyl (C=O) groups is 1. The number of carbonyl (C=O) groups excluding carboxylic acids is 1. The van der Waals surface area contributed by atoms with Gasteiger partial charge in [-0.2, -0.15) is 4.31 Å². The van der Waals surface area contributed by atoms with Gasteiger partial charge in [-0.15, -0.1) is 0 Å². The molecule has 0 unspecified atom stereocenters. The molecule has 1 amide bonds. The zero-order chi connectivity index (χ0) is 20.0. The minimum Gasteiger partial charge on any atom is -0.364 e. The molecule has 146 valence electrons. The van der Waals surface area contributed by atoms with Crippen molar-refractivity contribution in [2.75, 3.05) is 13.1 Å². The fourth-order valence-corrected chi connectivity index (χ4v) is 5.98. The second-order valence-corrected chi connectivity index (χ2v) is 10.5. The average molecular weight is 477 g/mol. The monoisotopic (exact) mass is 476 g/mol. The van der Waals surface area contributed by atoms with Crippen LogP contribution in [0.25, 0.3) is 10.9 Å². The minimum atomic E-state index is -4.09. The number of hydrogen-bond acceptors (Lipinski definition) is 5. The molecule has 3 rings (SSSR count). The van der Waals surface area contributed by atoms with Gasteiger partial charge in [0.05, 0.1) is 0 Å². The van der Waals surface area contributed by atoms with Gasteiger partial charge < -0.3 is 10.7 Å². The third-order valence-corrected chi connectivity index (χ3v) is 7.80. The number of amides is 1. The van der Waals surface area contributed by atoms with E-state index in [1.165, 1.54) is 0 Å². The highest BCUT2D eigenvalue weighted by molar-refractivity contribution is 9.10. The summed E-state index contributed by atoms with van der Waals surface area (Å²) >= 11 is 3.29. The molecule has 9 nitrogen and oxygen atoms in total. The Morgan fingerprint density at radius 2 is 2.07 bits per heavy atom. The third kappa shape index (κ3) is 3.80. The number of rotatable bonds is 6. The Bertz CT molecular complexity index is 1140. The molecule has 0 saturated carbocycles. The Kier molecular flexibility index (Phi) is 5.20. The number of aromatic amines is 1. The van der Waals surface area contributed by atoms with Crippen LogP contribution in [-0.2, 0) is 20.0 Å². The first-order chi connectivity index (χ1) is 12.5. The molecule has 1 atom stereocenters. The van der Waals surface area contributed by atoms with E-state index in [2.05, 4.69) is 32.2 Å². The van der Waals surface area contributed by atoms with Gasteiger partial charge in [0.25, 0.3) is 5.91 Å². The number of benzene rings is 1. The average Bonchev–Trinajstić information content (AvgIpc) is 3.19. The molecule has 1 aliphatic rings. The van der Waals surface area contributed by atoms with Crippen LogP contribution in [0.2, 0.25) is 0 Å². The van der Waals surface area contributed by atoms with Crippen LogP contribution in [0.1, 0.15) is 16.9 Å². The summed E-state index contributed by atoms with van der Waals surface area (Å²) in [5.41, 5.74) is 5.62. The molecule has 1 aliphatic heterocycles. The van der Waals surface area contributed by atoms with Gasteiger partial charge in [-0.05, 0) is 24.6 Å². The highest BCUT2D eigenvalue weighted by atomic mass is 79.9. The van der Waals surface area contributed by atoms with Crippen molar-refractivity contribution in [3.05, 3.63) is 40.4 Å². The zero-order valence-electron chi connectivity index (χ0n) is 14.0. The lowest BCUT2D eigenvalue weighted by molar-refractivity contribution is 0.0993. The van der Waals surface area contributed by atoms with Crippen molar-refractivity contribution in [1.82, 2.24) is 14.0 Å². The molecule has 12 heteroatoms. The summed E-state index contributed by atoms with van der Waals surface area (Å²) < 4.78 is 53.8. The van der Waals surface area contributed by atoms with E-state index in [1.54, 1.807) is 18.2 Å². The number of halogens is 1. The lowest BCUT2D eigenvalue weighted by Gasteiger charge is -2.17. The van der Waals surface area contributed by atoms with Crippen LogP contribution >= 0.6 is 15.9 Å². The Balaban J connectivity index is 2.03. The number of primary amides is 1. The van der Waals surface area contributed by atoms with Crippen molar-refractivity contribution in [1.29, 1.82) is 0 Å². The molecule has 0 spiro atoms. The summed E-state index contributed by atoms with van der Waals surface area (Å²) in [5, 5.41) is 1.10. The predicted octanol–water partition coefficient (Wildman–Crippen LogP) is 0.855. The molecule has 1 aromatic carbocycles. The molecule has 4 N–H and O–H groups in total. The van der Waals surface area contributed by atoms with Crippen molar-refractivity contribution in [2.24, 2.45) is 5.73 Å². The Hall–Kier alpha value is -1.73. The molecular formula is C15H17BrN4O5S2. The molecule has 27 heavy (non-hydrogen) atoms. The first-order valence-electron chi connectivity index (χ1n) is 7.81. The fourth-order valence-electron chi connectivity index (χ4n) is 3.03. The van der Waals surface area contributed by atoms with E-state index >= 15 is 0 Å². The maximum absolute atomic E-state index is 13.2. The van der Waals surface area contributed by atoms with Crippen LogP contribution < -0.4 is 10.5 Å². The normalized spacial score (nSPS) is 18.8. The summed E-state index contributed by atoms with van der Waals surface area (Å²) in [6.45, 7) is 3.26. The lowest BCUT2D eigenvalue weighted by Crippen LogP contribution is -2.37. The topological polar surface area (TPSA) is 142 Å². The molecular weight excluding hydrogens is 460 g/mol. The van der Waals surface area contributed by atoms with Gasteiger partial charge in [0.1, 0.15) is 10.6 Å². The van der Waals surface area contributed by atoms with Gasteiger partial charge in [-0.25, -0.2) is 21.6 Å². The minimum absolute atomic E-state index is 0.0612. The largest absolute Gasteiger partial charge is 0.364 e. The molecule has 2 aromatic rings. The van der Waals surface area contributed by atoms with E-state index in [-0.39, 0.29) is 23.7 Å². The highest BCUT2D eigenvalue weighted by Crippen LogP contribution is 2.33. The number of nitrogens with one attached hydrogen (secondary N) is 2. The first kappa shape index (κ1) is 20.0. The van der Waals surface area contributed by atoms with Crippen molar-refractivity contribution < 1.29 is 21.6 Å². The van der Waals surface area contributed by atoms with Crippen LogP contribution in [0.5, 0.6) is 0 Å². The number of nitrogens with zero attached hydrogens (tertiary/aromatic N) is 1. The summed E-state index contributed by atoms with van der Waals surface area (Å²) in [6.07, 6.45) is 0.296. The second-order valence-electron chi connectivity index (χ2n) is 6.06. The van der Waals surface area contributed by atoms with Gasteiger partial charge in [0.15, 0.2) is 0 Å². The summed E-state index contributed by atoms with van der Waals surface area (Å²) in [5.74, 6) is -0.899. The zero-order valence-corrected chi connectivity index (χ0v) is 17.2. The van der Waals surface area contributed by atoms with E-state index in [4.69, 9.17) is 5.73 Å². The maximum Gasteiger partial charge on any atom is 0.266 e. The Morgan fingerprint density at radius 3 is 2.70 bits per heavy atom. The Labute approximate surface area is 164 Å². The van der Waals surface area contributed by atoms with Crippen LogP contribution in [-0.4, -0.2) is 51.2 Å². The third-order valence-electron chi connectivity index (χ3n) is 4.26. The predicted molar refractivity (Wildman–Crippen MR) is 104 cm³/mol.